The molecule has 0 bridgehead atoms. The van der Waals surface area contributed by atoms with Gasteiger partial charge in [0.25, 0.3) is 0 Å². The predicted molar refractivity (Wildman–Crippen MR) is 112 cm³/mol. The summed E-state index contributed by atoms with van der Waals surface area (Å²) in [5.41, 5.74) is 2.29. The van der Waals surface area contributed by atoms with Crippen LogP contribution in [0.15, 0.2) is 16.8 Å². The van der Waals surface area contributed by atoms with E-state index in [4.69, 9.17) is 0 Å². The summed E-state index contributed by atoms with van der Waals surface area (Å²) in [5.74, 6) is 0. The highest BCUT2D eigenvalue weighted by atomic mass is 15.3. The second-order valence-electron chi connectivity index (χ2n) is 6.53. The van der Waals surface area contributed by atoms with E-state index in [0.29, 0.717) is 0 Å². The van der Waals surface area contributed by atoms with E-state index in [0.717, 1.165) is 24.0 Å². The van der Waals surface area contributed by atoms with Gasteiger partial charge in [-0.25, -0.2) is 0 Å². The van der Waals surface area contributed by atoms with Crippen molar-refractivity contribution in [3.63, 3.8) is 0 Å². The van der Waals surface area contributed by atoms with Crippen LogP contribution in [-0.2, 0) is 0 Å². The number of hydrogen-bond acceptors (Lipinski definition) is 3. The smallest absolute Gasteiger partial charge is 0.0344 e. The summed E-state index contributed by atoms with van der Waals surface area (Å²) in [7, 11) is 0. The molecule has 1 heterocycles. The Bertz CT molecular complexity index is 342. The third-order valence-electron chi connectivity index (χ3n) is 4.54. The molecule has 2 fully saturated rings. The van der Waals surface area contributed by atoms with Crippen LogP contribution in [0.2, 0.25) is 0 Å². The Balaban J connectivity index is 0. The van der Waals surface area contributed by atoms with E-state index in [2.05, 4.69) is 41.6 Å². The predicted octanol–water partition coefficient (Wildman–Crippen LogP) is 5.62. The second kappa shape index (κ2) is 14.7. The monoisotopic (exact) mass is 339 g/mol. The van der Waals surface area contributed by atoms with Gasteiger partial charge >= 0.3 is 0 Å². The maximum atomic E-state index is 4.49. The van der Waals surface area contributed by atoms with Crippen LogP contribution < -0.4 is 0 Å². The topological polar surface area (TPSA) is 18.8 Å². The zero-order chi connectivity index (χ0) is 16.4. The molecule has 1 aliphatic heterocycles. The first-order valence-corrected chi connectivity index (χ1v) is 9.30. The van der Waals surface area contributed by atoms with Crippen molar-refractivity contribution >= 4 is 5.71 Å². The van der Waals surface area contributed by atoms with Gasteiger partial charge in [-0.2, -0.15) is 0 Å². The molecule has 0 atom stereocenters. The molecule has 24 heavy (non-hydrogen) atoms. The van der Waals surface area contributed by atoms with Crippen molar-refractivity contribution in [3.8, 4) is 0 Å². The molecular weight excluding hydrogens is 294 g/mol. The van der Waals surface area contributed by atoms with Crippen LogP contribution in [0.25, 0.3) is 0 Å². The van der Waals surface area contributed by atoms with E-state index in [-0.39, 0.29) is 14.9 Å². The SMILES string of the molecule is C.C.CC.CC(C)=N/C(C)=C\CN1CCN(C2CCCCC2)CC1. The van der Waals surface area contributed by atoms with Crippen LogP contribution in [0.5, 0.6) is 0 Å². The molecule has 2 aliphatic rings. The van der Waals surface area contributed by atoms with Crippen molar-refractivity contribution in [3.05, 3.63) is 11.8 Å². The van der Waals surface area contributed by atoms with E-state index in [1.807, 2.05) is 13.8 Å². The molecule has 3 nitrogen and oxygen atoms in total. The summed E-state index contributed by atoms with van der Waals surface area (Å²) in [6.45, 7) is 16.2. The summed E-state index contributed by atoms with van der Waals surface area (Å²) in [5, 5.41) is 0. The molecule has 1 aliphatic carbocycles. The first-order valence-electron chi connectivity index (χ1n) is 9.30. The van der Waals surface area contributed by atoms with Gasteiger partial charge in [-0.1, -0.05) is 48.0 Å². The number of allylic oxidation sites excluding steroid dienone is 1. The number of rotatable bonds is 4. The van der Waals surface area contributed by atoms with Crippen LogP contribution in [0.3, 0.4) is 0 Å². The Morgan fingerprint density at radius 1 is 0.917 bits per heavy atom. The number of nitrogens with zero attached hydrogens (tertiary/aromatic N) is 3. The van der Waals surface area contributed by atoms with Crippen molar-refractivity contribution in [1.82, 2.24) is 9.80 Å². The summed E-state index contributed by atoms with van der Waals surface area (Å²) >= 11 is 0. The van der Waals surface area contributed by atoms with Gasteiger partial charge in [-0.05, 0) is 39.7 Å². The number of piperazine rings is 1. The molecule has 0 amide bonds. The lowest BCUT2D eigenvalue weighted by molar-refractivity contribution is 0.0846. The molecule has 0 aromatic rings. The third-order valence-corrected chi connectivity index (χ3v) is 4.54. The molecule has 0 N–H and O–H groups in total. The fourth-order valence-electron chi connectivity index (χ4n) is 3.42. The Morgan fingerprint density at radius 3 is 1.96 bits per heavy atom. The molecule has 0 aromatic carbocycles. The lowest BCUT2D eigenvalue weighted by Crippen LogP contribution is -2.50. The lowest BCUT2D eigenvalue weighted by Gasteiger charge is -2.40. The lowest BCUT2D eigenvalue weighted by atomic mass is 9.94. The van der Waals surface area contributed by atoms with Crippen molar-refractivity contribution in [1.29, 1.82) is 0 Å². The van der Waals surface area contributed by atoms with Crippen LogP contribution in [0.1, 0.15) is 81.6 Å². The zero-order valence-electron chi connectivity index (χ0n) is 15.6. The minimum Gasteiger partial charge on any atom is -0.298 e. The van der Waals surface area contributed by atoms with E-state index >= 15 is 0 Å². The van der Waals surface area contributed by atoms with Gasteiger partial charge in [-0.15, -0.1) is 0 Å². The van der Waals surface area contributed by atoms with E-state index in [1.165, 1.54) is 58.3 Å². The molecule has 1 saturated carbocycles. The minimum atomic E-state index is 0. The van der Waals surface area contributed by atoms with Crippen LogP contribution in [-0.4, -0.2) is 54.3 Å². The highest BCUT2D eigenvalue weighted by molar-refractivity contribution is 5.80. The molecule has 2 rings (SSSR count). The summed E-state index contributed by atoms with van der Waals surface area (Å²) in [6, 6.07) is 0.885. The van der Waals surface area contributed by atoms with Crippen molar-refractivity contribution < 1.29 is 0 Å². The molecule has 0 unspecified atom stereocenters. The van der Waals surface area contributed by atoms with E-state index in [9.17, 15) is 0 Å². The molecule has 0 radical (unpaired) electrons. The minimum absolute atomic E-state index is 0. The highest BCUT2D eigenvalue weighted by Crippen LogP contribution is 2.23. The standard InChI is InChI=1S/C17H31N3.C2H6.2CH4/c1-15(2)18-16(3)9-10-19-11-13-20(14-12-19)17-7-5-4-6-8-17;1-2;;/h9,17H,4-8,10-14H2,1-3H3;1-2H3;2*1H4/b16-9-;;;. The van der Waals surface area contributed by atoms with Gasteiger partial charge < -0.3 is 0 Å². The van der Waals surface area contributed by atoms with Gasteiger partial charge in [0.05, 0.1) is 0 Å². The zero-order valence-corrected chi connectivity index (χ0v) is 15.6. The first-order chi connectivity index (χ1) is 10.6. The van der Waals surface area contributed by atoms with Crippen molar-refractivity contribution in [2.75, 3.05) is 32.7 Å². The summed E-state index contributed by atoms with van der Waals surface area (Å²) in [4.78, 5) is 9.79. The van der Waals surface area contributed by atoms with Crippen LogP contribution in [0, 0.1) is 0 Å². The third kappa shape index (κ3) is 9.58. The van der Waals surface area contributed by atoms with Gasteiger partial charge in [0.1, 0.15) is 0 Å². The molecular formula is C21H45N3. The van der Waals surface area contributed by atoms with Crippen molar-refractivity contribution in [2.24, 2.45) is 4.99 Å². The summed E-state index contributed by atoms with van der Waals surface area (Å²) in [6.07, 6.45) is 9.48. The summed E-state index contributed by atoms with van der Waals surface area (Å²) < 4.78 is 0. The molecule has 144 valence electrons. The second-order valence-corrected chi connectivity index (χ2v) is 6.53. The largest absolute Gasteiger partial charge is 0.298 e. The molecule has 1 saturated heterocycles. The van der Waals surface area contributed by atoms with Crippen LogP contribution >= 0.6 is 0 Å². The average Bonchev–Trinajstić information content (AvgIpc) is 2.55. The van der Waals surface area contributed by atoms with Crippen molar-refractivity contribution in [2.45, 2.75) is 87.6 Å². The van der Waals surface area contributed by atoms with Gasteiger partial charge in [0.15, 0.2) is 0 Å². The molecule has 0 aromatic heterocycles. The fourth-order valence-corrected chi connectivity index (χ4v) is 3.42. The maximum Gasteiger partial charge on any atom is 0.0344 e. The number of hydrogen-bond donors (Lipinski definition) is 0. The number of aliphatic imine (C=N–C) groups is 1. The Hall–Kier alpha value is -0.670. The Kier molecular flexibility index (Phi) is 15.6. The highest BCUT2D eigenvalue weighted by Gasteiger charge is 2.24. The van der Waals surface area contributed by atoms with E-state index in [1.54, 1.807) is 0 Å². The Morgan fingerprint density at radius 2 is 1.46 bits per heavy atom. The maximum absolute atomic E-state index is 4.49. The Labute approximate surface area is 153 Å². The van der Waals surface area contributed by atoms with Gasteiger partial charge in [0.2, 0.25) is 0 Å². The van der Waals surface area contributed by atoms with Crippen LogP contribution in [0.4, 0.5) is 0 Å². The van der Waals surface area contributed by atoms with Gasteiger partial charge in [0, 0.05) is 50.2 Å². The van der Waals surface area contributed by atoms with Gasteiger partial charge in [-0.3, -0.25) is 14.8 Å². The normalized spacial score (nSPS) is 20.1. The fraction of sp³-hybridized carbons (Fsp3) is 0.857. The first kappa shape index (κ1) is 25.6. The quantitative estimate of drug-likeness (QED) is 0.619. The molecule has 0 spiro atoms. The average molecular weight is 340 g/mol. The molecule has 3 heteroatoms. The van der Waals surface area contributed by atoms with E-state index < -0.39 is 0 Å².